The predicted molar refractivity (Wildman–Crippen MR) is 101 cm³/mol. The maximum atomic E-state index is 12.9. The number of carbonyl (C=O) groups excluding carboxylic acids is 1. The zero-order valence-corrected chi connectivity index (χ0v) is 15.2. The smallest absolute Gasteiger partial charge is 0.269 e. The number of nitrogens with zero attached hydrogens (tertiary/aromatic N) is 2. The molecule has 0 aromatic heterocycles. The van der Waals surface area contributed by atoms with Crippen LogP contribution in [0.5, 0.6) is 0 Å². The third-order valence-electron chi connectivity index (χ3n) is 3.88. The van der Waals surface area contributed by atoms with Crippen LogP contribution in [0.3, 0.4) is 0 Å². The molecule has 2 aromatic carbocycles. The number of halogens is 1. The van der Waals surface area contributed by atoms with E-state index in [-0.39, 0.29) is 30.0 Å². The Hall–Kier alpha value is -2.60. The van der Waals surface area contributed by atoms with Gasteiger partial charge in [-0.15, -0.1) is 12.4 Å². The number of nitrogens with two attached hydrogens (primary N) is 1. The quantitative estimate of drug-likeness (QED) is 0.494. The lowest BCUT2D eigenvalue weighted by Gasteiger charge is -2.27. The number of nitro benzene ring substituents is 1. The van der Waals surface area contributed by atoms with Gasteiger partial charge in [0.25, 0.3) is 11.6 Å². The van der Waals surface area contributed by atoms with Crippen molar-refractivity contribution in [1.82, 2.24) is 4.90 Å². The molecule has 2 aromatic rings. The molecule has 25 heavy (non-hydrogen) atoms. The number of benzene rings is 2. The summed E-state index contributed by atoms with van der Waals surface area (Å²) in [6.45, 7) is 6.12. The van der Waals surface area contributed by atoms with Crippen LogP contribution in [0.4, 0.5) is 11.4 Å². The van der Waals surface area contributed by atoms with Crippen LogP contribution in [-0.4, -0.2) is 21.8 Å². The SMILES string of the molecule is Cc1ccc(N)cc1C(=O)N(Cc1ccc([N+](=O)[O-])cc1)C(C)C.Cl. The van der Waals surface area contributed by atoms with E-state index >= 15 is 0 Å². The molecule has 0 unspecified atom stereocenters. The fourth-order valence-electron chi connectivity index (χ4n) is 2.43. The number of rotatable bonds is 5. The maximum absolute atomic E-state index is 12.9. The Morgan fingerprint density at radius 2 is 1.80 bits per heavy atom. The normalized spacial score (nSPS) is 10.2. The first-order valence-corrected chi connectivity index (χ1v) is 7.70. The molecule has 0 heterocycles. The van der Waals surface area contributed by atoms with Crippen molar-refractivity contribution in [2.75, 3.05) is 5.73 Å². The van der Waals surface area contributed by atoms with E-state index in [0.717, 1.165) is 11.1 Å². The van der Waals surface area contributed by atoms with Crippen LogP contribution in [0, 0.1) is 17.0 Å². The van der Waals surface area contributed by atoms with Crippen molar-refractivity contribution in [3.05, 3.63) is 69.3 Å². The molecule has 0 aliphatic rings. The van der Waals surface area contributed by atoms with Gasteiger partial charge in [0.2, 0.25) is 0 Å². The second-order valence-corrected chi connectivity index (χ2v) is 6.02. The van der Waals surface area contributed by atoms with Crippen molar-refractivity contribution in [2.24, 2.45) is 0 Å². The summed E-state index contributed by atoms with van der Waals surface area (Å²) >= 11 is 0. The van der Waals surface area contributed by atoms with Gasteiger partial charge in [0.1, 0.15) is 0 Å². The van der Waals surface area contributed by atoms with Gasteiger partial charge in [0.05, 0.1) is 4.92 Å². The van der Waals surface area contributed by atoms with E-state index in [2.05, 4.69) is 0 Å². The van der Waals surface area contributed by atoms with E-state index in [1.165, 1.54) is 12.1 Å². The molecule has 0 bridgehead atoms. The fraction of sp³-hybridized carbons (Fsp3) is 0.278. The molecular weight excluding hydrogens is 342 g/mol. The summed E-state index contributed by atoms with van der Waals surface area (Å²) in [5, 5.41) is 10.7. The average Bonchev–Trinajstić information content (AvgIpc) is 2.54. The fourth-order valence-corrected chi connectivity index (χ4v) is 2.43. The summed E-state index contributed by atoms with van der Waals surface area (Å²) < 4.78 is 0. The molecular formula is C18H22ClN3O3. The van der Waals surface area contributed by atoms with Crippen molar-refractivity contribution in [3.8, 4) is 0 Å². The molecule has 2 rings (SSSR count). The molecule has 7 heteroatoms. The van der Waals surface area contributed by atoms with Gasteiger partial charge in [-0.25, -0.2) is 0 Å². The Morgan fingerprint density at radius 3 is 2.32 bits per heavy atom. The third kappa shape index (κ3) is 4.93. The maximum Gasteiger partial charge on any atom is 0.269 e. The van der Waals surface area contributed by atoms with Crippen LogP contribution >= 0.6 is 12.4 Å². The monoisotopic (exact) mass is 363 g/mol. The molecule has 134 valence electrons. The highest BCUT2D eigenvalue weighted by Gasteiger charge is 2.21. The number of nitrogen functional groups attached to an aromatic ring is 1. The number of anilines is 1. The van der Waals surface area contributed by atoms with E-state index in [4.69, 9.17) is 5.73 Å². The lowest BCUT2D eigenvalue weighted by atomic mass is 10.0. The van der Waals surface area contributed by atoms with Crippen molar-refractivity contribution >= 4 is 29.7 Å². The minimum atomic E-state index is -0.439. The molecule has 2 N–H and O–H groups in total. The highest BCUT2D eigenvalue weighted by atomic mass is 35.5. The van der Waals surface area contributed by atoms with Crippen molar-refractivity contribution < 1.29 is 9.72 Å². The van der Waals surface area contributed by atoms with E-state index in [9.17, 15) is 14.9 Å². The molecule has 0 radical (unpaired) electrons. The van der Waals surface area contributed by atoms with Gasteiger partial charge in [-0.1, -0.05) is 18.2 Å². The van der Waals surface area contributed by atoms with Crippen LogP contribution in [0.2, 0.25) is 0 Å². The molecule has 1 amide bonds. The molecule has 0 aliphatic carbocycles. The second-order valence-electron chi connectivity index (χ2n) is 6.02. The van der Waals surface area contributed by atoms with Crippen LogP contribution in [0.25, 0.3) is 0 Å². The summed E-state index contributed by atoms with van der Waals surface area (Å²) in [5.41, 5.74) is 8.66. The number of nitro groups is 1. The summed E-state index contributed by atoms with van der Waals surface area (Å²) in [6, 6.07) is 11.5. The average molecular weight is 364 g/mol. The highest BCUT2D eigenvalue weighted by Crippen LogP contribution is 2.20. The van der Waals surface area contributed by atoms with Crippen LogP contribution in [0.15, 0.2) is 42.5 Å². The molecule has 0 spiro atoms. The molecule has 0 atom stereocenters. The van der Waals surface area contributed by atoms with E-state index in [1.54, 1.807) is 29.2 Å². The second kappa shape index (κ2) is 8.48. The standard InChI is InChI=1S/C18H21N3O3.ClH/c1-12(2)20(11-14-5-8-16(9-6-14)21(23)24)18(22)17-10-15(19)7-4-13(17)3;/h4-10,12H,11,19H2,1-3H3;1H. The molecule has 0 saturated carbocycles. The van der Waals surface area contributed by atoms with Crippen LogP contribution in [0.1, 0.15) is 35.3 Å². The van der Waals surface area contributed by atoms with Gasteiger partial charge >= 0.3 is 0 Å². The van der Waals surface area contributed by atoms with Crippen molar-refractivity contribution in [3.63, 3.8) is 0 Å². The Kier molecular flexibility index (Phi) is 6.94. The minimum Gasteiger partial charge on any atom is -0.399 e. The first-order valence-electron chi connectivity index (χ1n) is 7.70. The van der Waals surface area contributed by atoms with E-state index in [0.29, 0.717) is 17.8 Å². The van der Waals surface area contributed by atoms with Gasteiger partial charge in [0, 0.05) is 36.0 Å². The Morgan fingerprint density at radius 1 is 1.20 bits per heavy atom. The van der Waals surface area contributed by atoms with Crippen LogP contribution < -0.4 is 5.73 Å². The van der Waals surface area contributed by atoms with Gasteiger partial charge in [-0.3, -0.25) is 14.9 Å². The van der Waals surface area contributed by atoms with Gasteiger partial charge in [-0.05, 0) is 44.0 Å². The van der Waals surface area contributed by atoms with Crippen molar-refractivity contribution in [1.29, 1.82) is 0 Å². The Balaban J connectivity index is 0.00000312. The Bertz CT molecular complexity index is 761. The van der Waals surface area contributed by atoms with E-state index < -0.39 is 4.92 Å². The van der Waals surface area contributed by atoms with Crippen molar-refractivity contribution in [2.45, 2.75) is 33.4 Å². The van der Waals surface area contributed by atoms with E-state index in [1.807, 2.05) is 26.8 Å². The van der Waals surface area contributed by atoms with Gasteiger partial charge in [0.15, 0.2) is 0 Å². The molecule has 6 nitrogen and oxygen atoms in total. The summed E-state index contributed by atoms with van der Waals surface area (Å²) in [7, 11) is 0. The lowest BCUT2D eigenvalue weighted by molar-refractivity contribution is -0.384. The van der Waals surface area contributed by atoms with Gasteiger partial charge < -0.3 is 10.6 Å². The summed E-state index contributed by atoms with van der Waals surface area (Å²) in [4.78, 5) is 24.9. The first kappa shape index (κ1) is 20.4. The summed E-state index contributed by atoms with van der Waals surface area (Å²) in [5.74, 6) is -0.104. The Labute approximate surface area is 153 Å². The third-order valence-corrected chi connectivity index (χ3v) is 3.88. The zero-order chi connectivity index (χ0) is 17.9. The number of hydrogen-bond acceptors (Lipinski definition) is 4. The highest BCUT2D eigenvalue weighted by molar-refractivity contribution is 5.96. The largest absolute Gasteiger partial charge is 0.399 e. The van der Waals surface area contributed by atoms with Crippen LogP contribution in [-0.2, 0) is 6.54 Å². The summed E-state index contributed by atoms with van der Waals surface area (Å²) in [6.07, 6.45) is 0. The predicted octanol–water partition coefficient (Wildman–Crippen LogP) is 3.96. The molecule has 0 saturated heterocycles. The number of hydrogen-bond donors (Lipinski definition) is 1. The lowest BCUT2D eigenvalue weighted by Crippen LogP contribution is -2.36. The number of non-ortho nitro benzene ring substituents is 1. The van der Waals surface area contributed by atoms with Gasteiger partial charge in [-0.2, -0.15) is 0 Å². The number of amides is 1. The molecule has 0 aliphatic heterocycles. The molecule has 0 fully saturated rings. The number of carbonyl (C=O) groups is 1. The first-order chi connectivity index (χ1) is 11.3. The minimum absolute atomic E-state index is 0. The number of aryl methyl sites for hydroxylation is 1. The topological polar surface area (TPSA) is 89.5 Å². The zero-order valence-electron chi connectivity index (χ0n) is 14.4.